The molecule has 0 amide bonds. The van der Waals surface area contributed by atoms with E-state index in [0.29, 0.717) is 50.8 Å². The molecule has 0 aliphatic rings. The first-order valence-electron chi connectivity index (χ1n) is 10.8. The van der Waals surface area contributed by atoms with Crippen LogP contribution < -0.4 is 30.2 Å². The van der Waals surface area contributed by atoms with E-state index in [4.69, 9.17) is 26.4 Å². The fraction of sp³-hybridized carbons (Fsp3) is 0.200. The second-order valence-electron chi connectivity index (χ2n) is 7.56. The number of nitrogens with zero attached hydrogens (tertiary/aromatic N) is 3. The first-order chi connectivity index (χ1) is 17.0. The molecule has 0 aliphatic heterocycles. The van der Waals surface area contributed by atoms with Crippen LogP contribution in [0.3, 0.4) is 0 Å². The van der Waals surface area contributed by atoms with E-state index in [9.17, 15) is 0 Å². The van der Waals surface area contributed by atoms with Gasteiger partial charge in [0.2, 0.25) is 5.75 Å². The third kappa shape index (κ3) is 5.67. The highest BCUT2D eigenvalue weighted by Gasteiger charge is 2.14. The third-order valence-corrected chi connectivity index (χ3v) is 5.45. The van der Waals surface area contributed by atoms with Crippen molar-refractivity contribution >= 4 is 45.8 Å². The van der Waals surface area contributed by atoms with E-state index in [-0.39, 0.29) is 6.04 Å². The van der Waals surface area contributed by atoms with Gasteiger partial charge in [0.1, 0.15) is 11.3 Å². The first kappa shape index (κ1) is 24.0. The van der Waals surface area contributed by atoms with Gasteiger partial charge in [-0.1, -0.05) is 30.3 Å². The Kier molecular flexibility index (Phi) is 7.41. The summed E-state index contributed by atoms with van der Waals surface area (Å²) in [4.78, 5) is 13.6. The molecular weight excluding hydrogens is 464 g/mol. The zero-order valence-electron chi connectivity index (χ0n) is 19.8. The van der Waals surface area contributed by atoms with Crippen molar-refractivity contribution in [2.75, 3.05) is 32.0 Å². The molecule has 0 saturated carbocycles. The maximum Gasteiger partial charge on any atom is 0.203 e. The highest BCUT2D eigenvalue weighted by atomic mass is 32.1. The molecule has 2 aromatic carbocycles. The molecule has 0 bridgehead atoms. The fourth-order valence-corrected chi connectivity index (χ4v) is 3.78. The number of aromatic nitrogens is 3. The smallest absolute Gasteiger partial charge is 0.203 e. The quantitative estimate of drug-likeness (QED) is 0.297. The molecule has 0 aliphatic carbocycles. The van der Waals surface area contributed by atoms with Crippen molar-refractivity contribution in [2.45, 2.75) is 13.0 Å². The van der Waals surface area contributed by atoms with Gasteiger partial charge in [0.05, 0.1) is 33.6 Å². The Hall–Kier alpha value is -4.18. The van der Waals surface area contributed by atoms with Gasteiger partial charge >= 0.3 is 0 Å². The molecule has 0 spiro atoms. The number of anilines is 3. The molecule has 35 heavy (non-hydrogen) atoms. The molecule has 9 nitrogen and oxygen atoms in total. The number of thiocarbonyl (C=S) groups is 1. The number of nitrogens with one attached hydrogen (secondary N) is 3. The molecule has 10 heteroatoms. The minimum atomic E-state index is 0.0470. The lowest BCUT2D eigenvalue weighted by Gasteiger charge is -2.17. The summed E-state index contributed by atoms with van der Waals surface area (Å²) in [6.45, 7) is 2.05. The molecule has 0 saturated heterocycles. The maximum atomic E-state index is 5.47. The molecule has 2 aromatic heterocycles. The zero-order chi connectivity index (χ0) is 24.8. The SMILES string of the molecule is COc1cc(Nc2cnc3ccc(NC(=S)NC(C)c4ccccc4)nc3n2)cc(OC)c1OC. The number of methoxy groups -OCH3 is 3. The number of rotatable bonds is 8. The second-order valence-corrected chi connectivity index (χ2v) is 7.97. The van der Waals surface area contributed by atoms with Crippen molar-refractivity contribution < 1.29 is 14.2 Å². The van der Waals surface area contributed by atoms with E-state index in [1.54, 1.807) is 39.7 Å². The lowest BCUT2D eigenvalue weighted by Crippen LogP contribution is -2.31. The largest absolute Gasteiger partial charge is 0.493 e. The number of benzene rings is 2. The van der Waals surface area contributed by atoms with Crippen LogP contribution in [0.2, 0.25) is 0 Å². The summed E-state index contributed by atoms with van der Waals surface area (Å²) in [6, 6.07) is 17.3. The molecular formula is C25H26N6O3S. The van der Waals surface area contributed by atoms with Crippen LogP contribution in [0.1, 0.15) is 18.5 Å². The van der Waals surface area contributed by atoms with Crippen molar-refractivity contribution in [1.82, 2.24) is 20.3 Å². The van der Waals surface area contributed by atoms with E-state index in [2.05, 4.69) is 30.9 Å². The monoisotopic (exact) mass is 490 g/mol. The lowest BCUT2D eigenvalue weighted by atomic mass is 10.1. The standard InChI is InChI=1S/C25H26N6O3S/c1-15(16-8-6-5-7-9-16)27-25(35)31-21-11-10-18-24(29-21)30-22(14-26-18)28-17-12-19(32-2)23(34-4)20(13-17)33-3/h5-15H,1-4H3,(H3,27,28,29,30,31,35). The summed E-state index contributed by atoms with van der Waals surface area (Å²) >= 11 is 5.47. The van der Waals surface area contributed by atoms with Crippen molar-refractivity contribution in [3.8, 4) is 17.2 Å². The van der Waals surface area contributed by atoms with Crippen LogP contribution >= 0.6 is 12.2 Å². The highest BCUT2D eigenvalue weighted by Crippen LogP contribution is 2.40. The fourth-order valence-electron chi connectivity index (χ4n) is 3.50. The minimum Gasteiger partial charge on any atom is -0.493 e. The van der Waals surface area contributed by atoms with Crippen LogP contribution in [-0.4, -0.2) is 41.4 Å². The molecule has 2 heterocycles. The van der Waals surface area contributed by atoms with E-state index in [1.807, 2.05) is 49.4 Å². The summed E-state index contributed by atoms with van der Waals surface area (Å²) in [5, 5.41) is 10.1. The topological polar surface area (TPSA) is 102 Å². The van der Waals surface area contributed by atoms with Gasteiger partial charge in [0.25, 0.3) is 0 Å². The highest BCUT2D eigenvalue weighted by molar-refractivity contribution is 7.80. The Morgan fingerprint density at radius 2 is 1.57 bits per heavy atom. The van der Waals surface area contributed by atoms with Crippen LogP contribution in [0.15, 0.2) is 60.8 Å². The number of fused-ring (bicyclic) bond motifs is 1. The van der Waals surface area contributed by atoms with Crippen LogP contribution in [0.25, 0.3) is 11.2 Å². The molecule has 3 N–H and O–H groups in total. The molecule has 180 valence electrons. The molecule has 0 radical (unpaired) electrons. The molecule has 4 rings (SSSR count). The first-order valence-corrected chi connectivity index (χ1v) is 11.2. The molecule has 4 aromatic rings. The van der Waals surface area contributed by atoms with E-state index >= 15 is 0 Å². The van der Waals surface area contributed by atoms with E-state index in [0.717, 1.165) is 5.56 Å². The number of hydrogen-bond acceptors (Lipinski definition) is 8. The van der Waals surface area contributed by atoms with E-state index in [1.165, 1.54) is 0 Å². The average Bonchev–Trinajstić information content (AvgIpc) is 2.88. The lowest BCUT2D eigenvalue weighted by molar-refractivity contribution is 0.324. The van der Waals surface area contributed by atoms with Gasteiger partial charge in [0.15, 0.2) is 28.1 Å². The van der Waals surface area contributed by atoms with Gasteiger partial charge in [-0.25, -0.2) is 15.0 Å². The third-order valence-electron chi connectivity index (χ3n) is 5.23. The normalized spacial score (nSPS) is 11.4. The Morgan fingerprint density at radius 3 is 2.23 bits per heavy atom. The van der Waals surface area contributed by atoms with Gasteiger partial charge in [-0.05, 0) is 36.8 Å². The summed E-state index contributed by atoms with van der Waals surface area (Å²) in [5.41, 5.74) is 2.95. The van der Waals surface area contributed by atoms with Crippen LogP contribution in [-0.2, 0) is 0 Å². The Balaban J connectivity index is 1.51. The summed E-state index contributed by atoms with van der Waals surface area (Å²) in [7, 11) is 4.69. The molecule has 1 unspecified atom stereocenters. The van der Waals surface area contributed by atoms with Gasteiger partial charge < -0.3 is 30.2 Å². The number of pyridine rings is 1. The average molecular weight is 491 g/mol. The maximum absolute atomic E-state index is 5.47. The minimum absolute atomic E-state index is 0.0470. The van der Waals surface area contributed by atoms with Crippen molar-refractivity contribution in [2.24, 2.45) is 0 Å². The zero-order valence-corrected chi connectivity index (χ0v) is 20.6. The van der Waals surface area contributed by atoms with Crippen molar-refractivity contribution in [3.63, 3.8) is 0 Å². The van der Waals surface area contributed by atoms with Crippen molar-refractivity contribution in [3.05, 3.63) is 66.4 Å². The summed E-state index contributed by atoms with van der Waals surface area (Å²) < 4.78 is 16.2. The summed E-state index contributed by atoms with van der Waals surface area (Å²) in [5.74, 6) is 2.63. The molecule has 1 atom stereocenters. The predicted octanol–water partition coefficient (Wildman–Crippen LogP) is 4.84. The van der Waals surface area contributed by atoms with Gasteiger partial charge in [-0.3, -0.25) is 0 Å². The number of ether oxygens (including phenoxy) is 3. The van der Waals surface area contributed by atoms with Crippen LogP contribution in [0.4, 0.5) is 17.3 Å². The van der Waals surface area contributed by atoms with Gasteiger partial charge in [0, 0.05) is 17.8 Å². The Bertz CT molecular complexity index is 1310. The Labute approximate surface area is 208 Å². The van der Waals surface area contributed by atoms with Crippen LogP contribution in [0, 0.1) is 0 Å². The predicted molar refractivity (Wildman–Crippen MR) is 141 cm³/mol. The van der Waals surface area contributed by atoms with Gasteiger partial charge in [-0.15, -0.1) is 0 Å². The van der Waals surface area contributed by atoms with Crippen molar-refractivity contribution in [1.29, 1.82) is 0 Å². The molecule has 0 fully saturated rings. The second kappa shape index (κ2) is 10.8. The summed E-state index contributed by atoms with van der Waals surface area (Å²) in [6.07, 6.45) is 1.63. The van der Waals surface area contributed by atoms with Gasteiger partial charge in [-0.2, -0.15) is 0 Å². The van der Waals surface area contributed by atoms with E-state index < -0.39 is 0 Å². The number of hydrogen-bond donors (Lipinski definition) is 3. The van der Waals surface area contributed by atoms with Crippen LogP contribution in [0.5, 0.6) is 17.2 Å². The Morgan fingerprint density at radius 1 is 0.886 bits per heavy atom.